The minimum absolute atomic E-state index is 0.215. The van der Waals surface area contributed by atoms with Gasteiger partial charge in [0, 0.05) is 5.92 Å². The standard InChI is InChI=1S/C16H15FO/c1-12-3-2-4-13(9-12)10-15(11-18)14-5-7-16(17)8-6-14/h2-9,11,15H,10H2,1H3. The van der Waals surface area contributed by atoms with Crippen LogP contribution in [0.15, 0.2) is 48.5 Å². The molecule has 1 atom stereocenters. The Kier molecular flexibility index (Phi) is 3.88. The van der Waals surface area contributed by atoms with E-state index in [1.807, 2.05) is 25.1 Å². The number of aryl methyl sites for hydroxylation is 1. The maximum Gasteiger partial charge on any atom is 0.127 e. The predicted molar refractivity (Wildman–Crippen MR) is 70.1 cm³/mol. The first-order valence-corrected chi connectivity index (χ1v) is 5.95. The Bertz CT molecular complexity index is 531. The molecule has 0 aliphatic carbocycles. The van der Waals surface area contributed by atoms with Crippen LogP contribution < -0.4 is 0 Å². The number of rotatable bonds is 4. The third-order valence-corrected chi connectivity index (χ3v) is 3.00. The lowest BCUT2D eigenvalue weighted by molar-refractivity contribution is -0.109. The van der Waals surface area contributed by atoms with Crippen molar-refractivity contribution in [2.45, 2.75) is 19.3 Å². The van der Waals surface area contributed by atoms with E-state index in [-0.39, 0.29) is 11.7 Å². The third-order valence-electron chi connectivity index (χ3n) is 3.00. The lowest BCUT2D eigenvalue weighted by Crippen LogP contribution is -2.04. The maximum absolute atomic E-state index is 12.8. The fraction of sp³-hybridized carbons (Fsp3) is 0.188. The van der Waals surface area contributed by atoms with Crippen LogP contribution in [0.2, 0.25) is 0 Å². The maximum atomic E-state index is 12.8. The molecule has 2 aromatic carbocycles. The molecule has 0 radical (unpaired) electrons. The highest BCUT2D eigenvalue weighted by atomic mass is 19.1. The highest BCUT2D eigenvalue weighted by Crippen LogP contribution is 2.20. The van der Waals surface area contributed by atoms with Crippen LogP contribution >= 0.6 is 0 Å². The van der Waals surface area contributed by atoms with Crippen LogP contribution in [0.4, 0.5) is 4.39 Å². The molecular formula is C16H15FO. The fourth-order valence-electron chi connectivity index (χ4n) is 2.05. The smallest absolute Gasteiger partial charge is 0.127 e. The van der Waals surface area contributed by atoms with Gasteiger partial charge in [0.25, 0.3) is 0 Å². The summed E-state index contributed by atoms with van der Waals surface area (Å²) in [5, 5.41) is 0. The zero-order valence-corrected chi connectivity index (χ0v) is 10.3. The zero-order chi connectivity index (χ0) is 13.0. The lowest BCUT2D eigenvalue weighted by atomic mass is 9.93. The number of halogens is 1. The van der Waals surface area contributed by atoms with Crippen molar-refractivity contribution < 1.29 is 9.18 Å². The Morgan fingerprint density at radius 1 is 1.17 bits per heavy atom. The van der Waals surface area contributed by atoms with E-state index in [2.05, 4.69) is 6.07 Å². The Morgan fingerprint density at radius 3 is 2.50 bits per heavy atom. The fourth-order valence-corrected chi connectivity index (χ4v) is 2.05. The van der Waals surface area contributed by atoms with E-state index in [1.54, 1.807) is 12.1 Å². The molecule has 0 aliphatic rings. The van der Waals surface area contributed by atoms with Crippen LogP contribution in [0.5, 0.6) is 0 Å². The second-order valence-corrected chi connectivity index (χ2v) is 4.49. The normalized spacial score (nSPS) is 12.1. The summed E-state index contributed by atoms with van der Waals surface area (Å²) in [6, 6.07) is 14.2. The summed E-state index contributed by atoms with van der Waals surface area (Å²) in [5.74, 6) is -0.494. The summed E-state index contributed by atoms with van der Waals surface area (Å²) >= 11 is 0. The average molecular weight is 242 g/mol. The van der Waals surface area contributed by atoms with Crippen LogP contribution in [-0.4, -0.2) is 6.29 Å². The monoisotopic (exact) mass is 242 g/mol. The van der Waals surface area contributed by atoms with Gasteiger partial charge in [-0.1, -0.05) is 42.0 Å². The molecule has 2 rings (SSSR count). The second kappa shape index (κ2) is 5.58. The van der Waals surface area contributed by atoms with Crippen molar-refractivity contribution in [3.63, 3.8) is 0 Å². The summed E-state index contributed by atoms with van der Waals surface area (Å²) < 4.78 is 12.8. The van der Waals surface area contributed by atoms with Crippen molar-refractivity contribution >= 4 is 6.29 Å². The van der Waals surface area contributed by atoms with Gasteiger partial charge in [-0.2, -0.15) is 0 Å². The van der Waals surface area contributed by atoms with Crippen LogP contribution in [0.3, 0.4) is 0 Å². The molecule has 0 N–H and O–H groups in total. The first-order chi connectivity index (χ1) is 8.69. The molecule has 0 heterocycles. The van der Waals surface area contributed by atoms with Crippen molar-refractivity contribution in [3.8, 4) is 0 Å². The van der Waals surface area contributed by atoms with E-state index in [0.29, 0.717) is 6.42 Å². The van der Waals surface area contributed by atoms with E-state index in [9.17, 15) is 9.18 Å². The summed E-state index contributed by atoms with van der Waals surface area (Å²) in [6.07, 6.45) is 1.58. The molecule has 0 amide bonds. The Morgan fingerprint density at radius 2 is 1.89 bits per heavy atom. The van der Waals surface area contributed by atoms with Crippen molar-refractivity contribution in [2.75, 3.05) is 0 Å². The summed E-state index contributed by atoms with van der Waals surface area (Å²) in [5.41, 5.74) is 3.15. The van der Waals surface area contributed by atoms with Gasteiger partial charge in [0.15, 0.2) is 0 Å². The minimum atomic E-state index is -0.279. The van der Waals surface area contributed by atoms with E-state index < -0.39 is 0 Å². The van der Waals surface area contributed by atoms with Gasteiger partial charge < -0.3 is 4.79 Å². The molecule has 0 saturated carbocycles. The first-order valence-electron chi connectivity index (χ1n) is 5.95. The Labute approximate surface area is 106 Å². The van der Waals surface area contributed by atoms with E-state index in [4.69, 9.17) is 0 Å². The van der Waals surface area contributed by atoms with Crippen LogP contribution in [0.1, 0.15) is 22.6 Å². The van der Waals surface area contributed by atoms with Gasteiger partial charge in [-0.15, -0.1) is 0 Å². The van der Waals surface area contributed by atoms with E-state index >= 15 is 0 Å². The van der Waals surface area contributed by atoms with Gasteiger partial charge in [0.2, 0.25) is 0 Å². The minimum Gasteiger partial charge on any atom is -0.303 e. The second-order valence-electron chi connectivity index (χ2n) is 4.49. The highest BCUT2D eigenvalue weighted by Gasteiger charge is 2.11. The van der Waals surface area contributed by atoms with E-state index in [0.717, 1.165) is 17.4 Å². The van der Waals surface area contributed by atoms with Crippen molar-refractivity contribution in [2.24, 2.45) is 0 Å². The van der Waals surface area contributed by atoms with Gasteiger partial charge in [-0.05, 0) is 36.6 Å². The third kappa shape index (κ3) is 3.04. The summed E-state index contributed by atoms with van der Waals surface area (Å²) in [4.78, 5) is 11.2. The molecule has 0 aromatic heterocycles. The largest absolute Gasteiger partial charge is 0.303 e. The van der Waals surface area contributed by atoms with Crippen molar-refractivity contribution in [3.05, 3.63) is 71.0 Å². The molecule has 0 bridgehead atoms. The van der Waals surface area contributed by atoms with Gasteiger partial charge in [-0.3, -0.25) is 0 Å². The zero-order valence-electron chi connectivity index (χ0n) is 10.3. The molecule has 0 saturated heterocycles. The highest BCUT2D eigenvalue weighted by molar-refractivity contribution is 5.62. The van der Waals surface area contributed by atoms with Crippen LogP contribution in [0, 0.1) is 12.7 Å². The number of carbonyl (C=O) groups is 1. The topological polar surface area (TPSA) is 17.1 Å². The average Bonchev–Trinajstić information content (AvgIpc) is 2.37. The SMILES string of the molecule is Cc1cccc(CC(C=O)c2ccc(F)cc2)c1. The van der Waals surface area contributed by atoms with Gasteiger partial charge in [-0.25, -0.2) is 4.39 Å². The molecule has 2 heteroatoms. The Hall–Kier alpha value is -1.96. The van der Waals surface area contributed by atoms with Crippen molar-refractivity contribution in [1.82, 2.24) is 0 Å². The molecule has 2 aromatic rings. The Balaban J connectivity index is 2.19. The van der Waals surface area contributed by atoms with Gasteiger partial charge in [0.1, 0.15) is 12.1 Å². The molecule has 0 fully saturated rings. The van der Waals surface area contributed by atoms with Gasteiger partial charge >= 0.3 is 0 Å². The number of hydrogen-bond acceptors (Lipinski definition) is 1. The van der Waals surface area contributed by atoms with Gasteiger partial charge in [0.05, 0.1) is 0 Å². The molecule has 1 nitrogen and oxygen atoms in total. The van der Waals surface area contributed by atoms with Crippen molar-refractivity contribution in [1.29, 1.82) is 0 Å². The number of aldehydes is 1. The molecule has 0 spiro atoms. The first kappa shape index (κ1) is 12.5. The lowest BCUT2D eigenvalue weighted by Gasteiger charge is -2.11. The number of benzene rings is 2. The van der Waals surface area contributed by atoms with E-state index in [1.165, 1.54) is 17.7 Å². The summed E-state index contributed by atoms with van der Waals surface area (Å²) in [7, 11) is 0. The molecule has 1 unspecified atom stereocenters. The quantitative estimate of drug-likeness (QED) is 0.748. The predicted octanol–water partition coefficient (Wildman–Crippen LogP) is 3.66. The number of hydrogen-bond donors (Lipinski definition) is 0. The molecule has 92 valence electrons. The molecular weight excluding hydrogens is 227 g/mol. The molecule has 0 aliphatic heterocycles. The number of carbonyl (C=O) groups excluding carboxylic acids is 1. The van der Waals surface area contributed by atoms with Crippen LogP contribution in [0.25, 0.3) is 0 Å². The van der Waals surface area contributed by atoms with Crippen LogP contribution in [-0.2, 0) is 11.2 Å². The molecule has 18 heavy (non-hydrogen) atoms. The summed E-state index contributed by atoms with van der Waals surface area (Å²) in [6.45, 7) is 2.03.